The first kappa shape index (κ1) is 34.2. The maximum absolute atomic E-state index is 5.34. The summed E-state index contributed by atoms with van der Waals surface area (Å²) in [7, 11) is 0. The van der Waals surface area contributed by atoms with Gasteiger partial charge >= 0.3 is 0 Å². The molecular weight excluding hydrogens is 679 g/mol. The van der Waals surface area contributed by atoms with E-state index < -0.39 is 0 Å². The molecule has 0 saturated carbocycles. The van der Waals surface area contributed by atoms with Crippen LogP contribution in [0.15, 0.2) is 150 Å². The van der Waals surface area contributed by atoms with Gasteiger partial charge in [-0.1, -0.05) is 136 Å². The molecule has 3 heterocycles. The van der Waals surface area contributed by atoms with E-state index in [0.29, 0.717) is 5.92 Å². The van der Waals surface area contributed by atoms with Crippen molar-refractivity contribution in [2.75, 3.05) is 6.54 Å². The van der Waals surface area contributed by atoms with Crippen molar-refractivity contribution in [2.45, 2.75) is 45.6 Å². The molecular formula is C53H45N3. The van der Waals surface area contributed by atoms with Gasteiger partial charge < -0.3 is 5.32 Å². The largest absolute Gasteiger partial charge is 0.383 e. The molecule has 6 aromatic rings. The Balaban J connectivity index is 1.08. The first-order valence-electron chi connectivity index (χ1n) is 20.3. The lowest BCUT2D eigenvalue weighted by Crippen LogP contribution is -2.35. The Hall–Kier alpha value is -6.32. The fraction of sp³-hybridized carbons (Fsp3) is 0.170. The van der Waals surface area contributed by atoms with Gasteiger partial charge in [0.2, 0.25) is 0 Å². The summed E-state index contributed by atoms with van der Waals surface area (Å²) in [6.07, 6.45) is 26.2. The van der Waals surface area contributed by atoms with E-state index >= 15 is 0 Å². The van der Waals surface area contributed by atoms with Gasteiger partial charge in [-0.2, -0.15) is 0 Å². The predicted octanol–water partition coefficient (Wildman–Crippen LogP) is 11.2. The molecule has 0 saturated heterocycles. The van der Waals surface area contributed by atoms with Crippen LogP contribution in [0.25, 0.3) is 78.0 Å². The summed E-state index contributed by atoms with van der Waals surface area (Å²) in [6, 6.07) is 32.1. The highest BCUT2D eigenvalue weighted by atomic mass is 15.0. The maximum atomic E-state index is 5.34. The van der Waals surface area contributed by atoms with E-state index in [1.807, 2.05) is 6.21 Å². The first-order valence-corrected chi connectivity index (χ1v) is 20.3. The Morgan fingerprint density at radius 1 is 0.768 bits per heavy atom. The zero-order chi connectivity index (χ0) is 37.8. The van der Waals surface area contributed by atoms with Crippen LogP contribution in [0.2, 0.25) is 0 Å². The van der Waals surface area contributed by atoms with E-state index in [2.05, 4.69) is 165 Å². The van der Waals surface area contributed by atoms with Crippen molar-refractivity contribution in [1.29, 1.82) is 0 Å². The Bertz CT molecular complexity index is 2940. The minimum absolute atomic E-state index is 0.120. The topological polar surface area (TPSA) is 37.3 Å². The molecule has 3 nitrogen and oxygen atoms in total. The van der Waals surface area contributed by atoms with Crippen molar-refractivity contribution in [2.24, 2.45) is 10.9 Å². The van der Waals surface area contributed by atoms with Crippen molar-refractivity contribution in [3.05, 3.63) is 173 Å². The minimum Gasteiger partial charge on any atom is -0.383 e. The minimum atomic E-state index is 0.120. The van der Waals surface area contributed by atoms with Crippen LogP contribution in [0, 0.1) is 5.92 Å². The molecule has 0 spiro atoms. The number of allylic oxidation sites excluding steroid dienone is 7. The average Bonchev–Trinajstić information content (AvgIpc) is 3.27. The molecule has 1 aromatic heterocycles. The van der Waals surface area contributed by atoms with Crippen LogP contribution < -0.4 is 15.9 Å². The molecule has 1 N–H and O–H groups in total. The molecule has 0 radical (unpaired) electrons. The molecule has 5 aromatic carbocycles. The monoisotopic (exact) mass is 723 g/mol. The Labute approximate surface area is 328 Å². The number of nitrogens with one attached hydrogen (secondary N) is 1. The van der Waals surface area contributed by atoms with Crippen LogP contribution in [0.3, 0.4) is 0 Å². The van der Waals surface area contributed by atoms with Gasteiger partial charge in [-0.25, -0.2) is 4.98 Å². The second kappa shape index (κ2) is 14.1. The van der Waals surface area contributed by atoms with Gasteiger partial charge in [-0.05, 0) is 121 Å². The van der Waals surface area contributed by atoms with Gasteiger partial charge in [0.15, 0.2) is 0 Å². The maximum Gasteiger partial charge on any atom is 0.0997 e. The third-order valence-corrected chi connectivity index (χ3v) is 12.1. The number of aromatic nitrogens is 1. The lowest BCUT2D eigenvalue weighted by molar-refractivity contribution is 0.597. The second-order valence-electron chi connectivity index (χ2n) is 15.3. The van der Waals surface area contributed by atoms with Crippen LogP contribution >= 0.6 is 0 Å². The number of fused-ring (bicyclic) bond motifs is 9. The second-order valence-corrected chi connectivity index (χ2v) is 15.3. The zero-order valence-electron chi connectivity index (χ0n) is 32.1. The SMILES string of the molecule is C=C(/C=C\CC)c1c(CC)c(-c2cccc(-c3ccc4c5ccc(C6=CCNC7=C6C=CC6C=CC=NC76)cc5c5ccccc5c4c3)c2)nc2c1=CCCC=2. The van der Waals surface area contributed by atoms with Crippen LogP contribution in [0.5, 0.6) is 0 Å². The highest BCUT2D eigenvalue weighted by Crippen LogP contribution is 2.42. The molecule has 3 heteroatoms. The van der Waals surface area contributed by atoms with E-state index in [-0.39, 0.29) is 6.04 Å². The number of pyridine rings is 1. The number of hydrogen-bond donors (Lipinski definition) is 1. The average molecular weight is 724 g/mol. The van der Waals surface area contributed by atoms with Crippen LogP contribution in [-0.4, -0.2) is 23.8 Å². The molecule has 2 unspecified atom stereocenters. The van der Waals surface area contributed by atoms with Crippen molar-refractivity contribution in [3.8, 4) is 22.4 Å². The summed E-state index contributed by atoms with van der Waals surface area (Å²) < 4.78 is 0. The molecule has 2 aliphatic heterocycles. The fourth-order valence-electron chi connectivity index (χ4n) is 9.41. The predicted molar refractivity (Wildman–Crippen MR) is 240 cm³/mol. The van der Waals surface area contributed by atoms with E-state index in [1.54, 1.807) is 0 Å². The molecule has 0 fully saturated rings. The van der Waals surface area contributed by atoms with E-state index in [9.17, 15) is 0 Å². The first-order chi connectivity index (χ1) is 27.6. The van der Waals surface area contributed by atoms with Crippen LogP contribution in [0.4, 0.5) is 0 Å². The molecule has 0 bridgehead atoms. The van der Waals surface area contributed by atoms with Crippen molar-refractivity contribution < 1.29 is 0 Å². The highest BCUT2D eigenvalue weighted by molar-refractivity contribution is 6.26. The standard InChI is InChI=1S/C53H45N3/c1-4-6-13-33(3)50-39(5-2)51(56-49-20-10-9-19-46(49)50)38-15-11-14-35(30-38)36-22-24-43-44-25-23-37(32-48(44)42-18-8-7-17-41(42)47(43)31-36)40-27-29-55-53-45(40)26-21-34-16-12-28-54-52(34)53/h6-8,11-28,30-32,34,52,55H,3-5,9-10,29H2,1-2H3/b13-6-. The summed E-state index contributed by atoms with van der Waals surface area (Å²) >= 11 is 0. The van der Waals surface area contributed by atoms with Crippen molar-refractivity contribution in [1.82, 2.24) is 10.3 Å². The number of dihydropyridines is 2. The number of benzene rings is 5. The van der Waals surface area contributed by atoms with Gasteiger partial charge in [0, 0.05) is 40.7 Å². The van der Waals surface area contributed by atoms with Crippen LogP contribution in [-0.2, 0) is 6.42 Å². The van der Waals surface area contributed by atoms with Crippen molar-refractivity contribution >= 4 is 61.8 Å². The summed E-state index contributed by atoms with van der Waals surface area (Å²) in [6.45, 7) is 9.77. The summed E-state index contributed by atoms with van der Waals surface area (Å²) in [4.78, 5) is 10.2. The lowest BCUT2D eigenvalue weighted by atomic mass is 9.81. The van der Waals surface area contributed by atoms with Crippen LogP contribution in [0.1, 0.15) is 49.8 Å². The molecule has 10 rings (SSSR count). The molecule has 0 amide bonds. The quantitative estimate of drug-likeness (QED) is 0.132. The van der Waals surface area contributed by atoms with Crippen molar-refractivity contribution in [3.63, 3.8) is 0 Å². The third-order valence-electron chi connectivity index (χ3n) is 12.1. The normalized spacial score (nSPS) is 18.4. The molecule has 56 heavy (non-hydrogen) atoms. The Morgan fingerprint density at radius 3 is 2.30 bits per heavy atom. The Morgan fingerprint density at radius 2 is 1.50 bits per heavy atom. The van der Waals surface area contributed by atoms with Gasteiger partial charge in [0.1, 0.15) is 0 Å². The molecule has 4 aliphatic rings. The number of aliphatic imine (C=N–C) groups is 1. The van der Waals surface area contributed by atoms with Gasteiger partial charge in [0.25, 0.3) is 0 Å². The van der Waals surface area contributed by atoms with Gasteiger partial charge in [0.05, 0.1) is 17.1 Å². The van der Waals surface area contributed by atoms with E-state index in [4.69, 9.17) is 9.98 Å². The van der Waals surface area contributed by atoms with Gasteiger partial charge in [-0.15, -0.1) is 0 Å². The zero-order valence-corrected chi connectivity index (χ0v) is 32.1. The Kier molecular flexibility index (Phi) is 8.59. The third kappa shape index (κ3) is 5.64. The highest BCUT2D eigenvalue weighted by Gasteiger charge is 2.30. The number of nitrogens with zero attached hydrogens (tertiary/aromatic N) is 2. The van der Waals surface area contributed by atoms with E-state index in [1.165, 1.54) is 82.2 Å². The number of hydrogen-bond acceptors (Lipinski definition) is 3. The van der Waals surface area contributed by atoms with Gasteiger partial charge in [-0.3, -0.25) is 4.99 Å². The van der Waals surface area contributed by atoms with E-state index in [0.717, 1.165) is 54.4 Å². The molecule has 2 atom stereocenters. The fourth-order valence-corrected chi connectivity index (χ4v) is 9.41. The summed E-state index contributed by atoms with van der Waals surface area (Å²) in [5.41, 5.74) is 13.2. The summed E-state index contributed by atoms with van der Waals surface area (Å²) in [5.74, 6) is 0.308. The molecule has 272 valence electrons. The summed E-state index contributed by atoms with van der Waals surface area (Å²) in [5, 5.41) is 13.6. The lowest BCUT2D eigenvalue weighted by Gasteiger charge is -2.33. The molecule has 2 aliphatic carbocycles. The smallest absolute Gasteiger partial charge is 0.0997 e. The number of rotatable bonds is 7.